The number of nitrogens with one attached hydrogen (secondary N) is 1. The molecule has 0 radical (unpaired) electrons. The Kier molecular flexibility index (Phi) is 8.00. The highest BCUT2D eigenvalue weighted by molar-refractivity contribution is 7.90. The lowest BCUT2D eigenvalue weighted by Crippen LogP contribution is -2.13. The van der Waals surface area contributed by atoms with Crippen molar-refractivity contribution < 1.29 is 22.7 Å². The second-order valence-electron chi connectivity index (χ2n) is 6.48. The van der Waals surface area contributed by atoms with E-state index in [4.69, 9.17) is 21.1 Å². The number of amides is 1. The maximum Gasteiger partial charge on any atom is 0.268 e. The van der Waals surface area contributed by atoms with Crippen molar-refractivity contribution in [3.05, 3.63) is 64.7 Å². The third-order valence-corrected chi connectivity index (χ3v) is 5.83. The van der Waals surface area contributed by atoms with Gasteiger partial charge in [0, 0.05) is 17.8 Å². The number of sulfone groups is 1. The quantitative estimate of drug-likeness (QED) is 0.265. The van der Waals surface area contributed by atoms with Crippen LogP contribution in [-0.2, 0) is 14.6 Å². The molecule has 170 valence electrons. The number of nitrogens with zero attached hydrogens (tertiary/aromatic N) is 3. The molecule has 0 bridgehead atoms. The zero-order valence-corrected chi connectivity index (χ0v) is 19.6. The van der Waals surface area contributed by atoms with Gasteiger partial charge in [-0.3, -0.25) is 10.1 Å². The van der Waals surface area contributed by atoms with Crippen molar-refractivity contribution in [1.29, 1.82) is 5.26 Å². The molecule has 1 aromatic heterocycles. The Bertz CT molecular complexity index is 1320. The number of benzene rings is 2. The Morgan fingerprint density at radius 3 is 2.58 bits per heavy atom. The molecule has 33 heavy (non-hydrogen) atoms. The van der Waals surface area contributed by atoms with Gasteiger partial charge in [-0.25, -0.2) is 8.42 Å². The first-order valence-electron chi connectivity index (χ1n) is 9.33. The molecule has 9 nitrogen and oxygen atoms in total. The Morgan fingerprint density at radius 2 is 1.94 bits per heavy atom. The lowest BCUT2D eigenvalue weighted by molar-refractivity contribution is -0.112. The van der Waals surface area contributed by atoms with Gasteiger partial charge in [0.15, 0.2) is 0 Å². The summed E-state index contributed by atoms with van der Waals surface area (Å²) in [6.45, 7) is 0.598. The van der Waals surface area contributed by atoms with Gasteiger partial charge in [-0.05, 0) is 35.9 Å². The SMILES string of the molecule is CS(=O)(=O)c1nsc(NC(=O)C(C#N)=Cc2ccc(OCCOc3ccccc3)c(Cl)c2)n1. The minimum absolute atomic E-state index is 0.0407. The van der Waals surface area contributed by atoms with Crippen LogP contribution in [0.25, 0.3) is 6.08 Å². The van der Waals surface area contributed by atoms with Gasteiger partial charge in [0.05, 0.1) is 5.02 Å². The summed E-state index contributed by atoms with van der Waals surface area (Å²) < 4.78 is 37.7. The Morgan fingerprint density at radius 1 is 1.21 bits per heavy atom. The van der Waals surface area contributed by atoms with E-state index in [1.165, 1.54) is 6.08 Å². The Balaban J connectivity index is 1.61. The van der Waals surface area contributed by atoms with Crippen LogP contribution in [0.1, 0.15) is 5.56 Å². The predicted molar refractivity (Wildman–Crippen MR) is 124 cm³/mol. The zero-order valence-electron chi connectivity index (χ0n) is 17.2. The standard InChI is InChI=1S/C21H17ClN4O5S2/c1-33(28,29)21-25-20(32-26-21)24-19(27)15(13-23)11-14-7-8-18(17(22)12-14)31-10-9-30-16-5-3-2-4-6-16/h2-8,11-12H,9-10H2,1H3,(H,24,25,26,27). The van der Waals surface area contributed by atoms with E-state index in [0.717, 1.165) is 12.0 Å². The fraction of sp³-hybridized carbons (Fsp3) is 0.143. The van der Waals surface area contributed by atoms with Crippen molar-refractivity contribution in [2.24, 2.45) is 0 Å². The van der Waals surface area contributed by atoms with Crippen LogP contribution in [-0.4, -0.2) is 43.2 Å². The molecule has 3 rings (SSSR count). The van der Waals surface area contributed by atoms with Crippen molar-refractivity contribution in [3.8, 4) is 17.6 Å². The molecule has 3 aromatic rings. The van der Waals surface area contributed by atoms with Gasteiger partial charge in [-0.15, -0.1) is 0 Å². The second kappa shape index (κ2) is 10.9. The van der Waals surface area contributed by atoms with E-state index in [1.807, 2.05) is 30.3 Å². The fourth-order valence-electron chi connectivity index (χ4n) is 2.44. The Hall–Kier alpha value is -3.46. The van der Waals surface area contributed by atoms with Gasteiger partial charge in [0.2, 0.25) is 15.0 Å². The minimum Gasteiger partial charge on any atom is -0.490 e. The number of anilines is 1. The molecule has 1 N–H and O–H groups in total. The monoisotopic (exact) mass is 504 g/mol. The fourth-order valence-corrected chi connectivity index (χ4v) is 4.13. The molecular weight excluding hydrogens is 488 g/mol. The molecular formula is C21H17ClN4O5S2. The van der Waals surface area contributed by atoms with Gasteiger partial charge in [-0.2, -0.15) is 14.6 Å². The average Bonchev–Trinajstić information content (AvgIpc) is 3.26. The van der Waals surface area contributed by atoms with E-state index in [0.29, 0.717) is 34.5 Å². The van der Waals surface area contributed by atoms with Crippen LogP contribution in [0.4, 0.5) is 5.13 Å². The van der Waals surface area contributed by atoms with Crippen LogP contribution in [0.5, 0.6) is 11.5 Å². The number of hydrogen-bond acceptors (Lipinski definition) is 9. The summed E-state index contributed by atoms with van der Waals surface area (Å²) in [5.41, 5.74) is 0.265. The normalized spacial score (nSPS) is 11.5. The number of nitriles is 1. The summed E-state index contributed by atoms with van der Waals surface area (Å²) in [4.78, 5) is 16.1. The van der Waals surface area contributed by atoms with E-state index < -0.39 is 20.9 Å². The first kappa shape index (κ1) is 24.2. The molecule has 0 aliphatic rings. The van der Waals surface area contributed by atoms with Crippen LogP contribution in [0.15, 0.2) is 59.3 Å². The average molecular weight is 505 g/mol. The molecule has 0 fully saturated rings. The van der Waals surface area contributed by atoms with Gasteiger partial charge < -0.3 is 9.47 Å². The van der Waals surface area contributed by atoms with Crippen molar-refractivity contribution in [2.45, 2.75) is 5.16 Å². The smallest absolute Gasteiger partial charge is 0.268 e. The number of ether oxygens (including phenoxy) is 2. The van der Waals surface area contributed by atoms with E-state index in [-0.39, 0.29) is 17.3 Å². The van der Waals surface area contributed by atoms with Crippen molar-refractivity contribution in [2.75, 3.05) is 24.8 Å². The highest BCUT2D eigenvalue weighted by Gasteiger charge is 2.17. The number of carbonyl (C=O) groups is 1. The number of rotatable bonds is 9. The topological polar surface area (TPSA) is 131 Å². The van der Waals surface area contributed by atoms with E-state index in [1.54, 1.807) is 24.3 Å². The van der Waals surface area contributed by atoms with Crippen LogP contribution in [0.3, 0.4) is 0 Å². The van der Waals surface area contributed by atoms with Crippen molar-refractivity contribution >= 4 is 50.1 Å². The highest BCUT2D eigenvalue weighted by Crippen LogP contribution is 2.26. The van der Waals surface area contributed by atoms with Gasteiger partial charge in [0.25, 0.3) is 11.1 Å². The lowest BCUT2D eigenvalue weighted by Gasteiger charge is -2.10. The lowest BCUT2D eigenvalue weighted by atomic mass is 10.1. The van der Waals surface area contributed by atoms with Crippen LogP contribution in [0.2, 0.25) is 5.02 Å². The van der Waals surface area contributed by atoms with Crippen LogP contribution in [0, 0.1) is 11.3 Å². The van der Waals surface area contributed by atoms with Gasteiger partial charge in [0.1, 0.15) is 36.4 Å². The molecule has 0 aliphatic heterocycles. The number of halogens is 1. The van der Waals surface area contributed by atoms with Crippen LogP contribution >= 0.6 is 23.1 Å². The zero-order chi connectivity index (χ0) is 23.8. The van der Waals surface area contributed by atoms with E-state index in [2.05, 4.69) is 14.7 Å². The summed E-state index contributed by atoms with van der Waals surface area (Å²) >= 11 is 6.95. The summed E-state index contributed by atoms with van der Waals surface area (Å²) in [6.07, 6.45) is 2.29. The number of carbonyl (C=O) groups excluding carboxylic acids is 1. The van der Waals surface area contributed by atoms with Crippen LogP contribution < -0.4 is 14.8 Å². The number of para-hydroxylation sites is 1. The van der Waals surface area contributed by atoms with Crippen molar-refractivity contribution in [1.82, 2.24) is 9.36 Å². The first-order valence-corrected chi connectivity index (χ1v) is 12.4. The summed E-state index contributed by atoms with van der Waals surface area (Å²) in [7, 11) is -3.60. The first-order chi connectivity index (χ1) is 15.8. The molecule has 0 unspecified atom stereocenters. The maximum absolute atomic E-state index is 12.4. The van der Waals surface area contributed by atoms with Gasteiger partial charge in [-0.1, -0.05) is 35.9 Å². The molecule has 2 aromatic carbocycles. The summed E-state index contributed by atoms with van der Waals surface area (Å²) in [5, 5.41) is 11.6. The third-order valence-electron chi connectivity index (χ3n) is 3.94. The van der Waals surface area contributed by atoms with E-state index >= 15 is 0 Å². The van der Waals surface area contributed by atoms with Crippen molar-refractivity contribution in [3.63, 3.8) is 0 Å². The largest absolute Gasteiger partial charge is 0.490 e. The molecule has 0 spiro atoms. The summed E-state index contributed by atoms with van der Waals surface area (Å²) in [6, 6.07) is 15.9. The number of hydrogen-bond donors (Lipinski definition) is 1. The van der Waals surface area contributed by atoms with Gasteiger partial charge >= 0.3 is 0 Å². The second-order valence-corrected chi connectivity index (χ2v) is 9.55. The number of aromatic nitrogens is 2. The highest BCUT2D eigenvalue weighted by atomic mass is 35.5. The molecule has 12 heteroatoms. The molecule has 1 heterocycles. The predicted octanol–water partition coefficient (Wildman–Crippen LogP) is 3.60. The molecule has 0 saturated heterocycles. The Labute approximate surface area is 199 Å². The maximum atomic E-state index is 12.4. The van der Waals surface area contributed by atoms with E-state index in [9.17, 15) is 18.5 Å². The molecule has 0 atom stereocenters. The third kappa shape index (κ3) is 7.01. The molecule has 0 aliphatic carbocycles. The molecule has 0 saturated carbocycles. The molecule has 1 amide bonds. The minimum atomic E-state index is -3.60. The summed E-state index contributed by atoms with van der Waals surface area (Å²) in [5.74, 6) is 0.398.